The zero-order chi connectivity index (χ0) is 28.0. The van der Waals surface area contributed by atoms with Crippen LogP contribution in [0.3, 0.4) is 0 Å². The average molecular weight is 711 g/mol. The molecular formula is C33H28Cl2P4Zr-2. The van der Waals surface area contributed by atoms with Gasteiger partial charge in [-0.05, 0) is 0 Å². The monoisotopic (exact) mass is 708 g/mol. The first-order valence-corrected chi connectivity index (χ1v) is 24.4. The van der Waals surface area contributed by atoms with Crippen molar-refractivity contribution in [1.82, 2.24) is 0 Å². The molecule has 0 saturated heterocycles. The molecule has 4 aromatic carbocycles. The van der Waals surface area contributed by atoms with Crippen molar-refractivity contribution < 1.29 is 18.9 Å². The number of rotatable bonds is 5. The first-order valence-electron chi connectivity index (χ1n) is 12.8. The summed E-state index contributed by atoms with van der Waals surface area (Å²) in [7, 11) is 14.8. The molecule has 0 amide bonds. The van der Waals surface area contributed by atoms with Gasteiger partial charge in [-0.1, -0.05) is 144 Å². The van der Waals surface area contributed by atoms with Gasteiger partial charge in [-0.3, -0.25) is 16.4 Å². The Balaban J connectivity index is 0.000000155. The van der Waals surface area contributed by atoms with Crippen LogP contribution >= 0.6 is 49.8 Å². The van der Waals surface area contributed by atoms with Crippen LogP contribution in [0.4, 0.5) is 0 Å². The van der Waals surface area contributed by atoms with Crippen molar-refractivity contribution in [3.63, 3.8) is 0 Å². The molecule has 6 aromatic rings. The largest absolute Gasteiger partial charge is 0.258 e. The van der Waals surface area contributed by atoms with Crippen molar-refractivity contribution in [1.29, 1.82) is 0 Å². The Hall–Kier alpha value is -1.37. The van der Waals surface area contributed by atoms with E-state index in [1.807, 2.05) is 10.6 Å². The Morgan fingerprint density at radius 3 is 1.18 bits per heavy atom. The summed E-state index contributed by atoms with van der Waals surface area (Å²) < 4.78 is 2.02. The van der Waals surface area contributed by atoms with Crippen molar-refractivity contribution >= 4 is 53.5 Å². The Morgan fingerprint density at radius 2 is 0.900 bits per heavy atom. The van der Waals surface area contributed by atoms with Crippen LogP contribution in [0.2, 0.25) is 0 Å². The summed E-state index contributed by atoms with van der Waals surface area (Å²) in [5.41, 5.74) is 12.2. The van der Waals surface area contributed by atoms with Gasteiger partial charge in [-0.15, -0.1) is 32.2 Å². The van der Waals surface area contributed by atoms with Crippen molar-refractivity contribution in [2.45, 2.75) is 13.3 Å². The predicted octanol–water partition coefficient (Wildman–Crippen LogP) is 13.0. The van der Waals surface area contributed by atoms with Gasteiger partial charge in [0, 0.05) is 0 Å². The van der Waals surface area contributed by atoms with Crippen LogP contribution in [0, 0.1) is 11.1 Å². The molecule has 0 aliphatic rings. The van der Waals surface area contributed by atoms with E-state index in [0.29, 0.717) is 16.4 Å². The average Bonchev–Trinajstić information content (AvgIpc) is 3.71. The molecule has 0 spiro atoms. The Kier molecular flexibility index (Phi) is 13.9. The van der Waals surface area contributed by atoms with Crippen LogP contribution < -0.4 is 0 Å². The smallest absolute Gasteiger partial charge is 0.0623 e. The molecule has 0 bridgehead atoms. The standard InChI is InChI=1S/2C15H11P2.C3H6.2ClH.Zr/c2*1-3-7-12(8-4-1)14-15(17-11-16-14)13-9-5-2-6-10-13;1-3-2;;;/h2*1-10,16H;1H,3H2,2H3;2*1H;/q2*-1;;;;+2/p-2. The molecule has 0 aliphatic heterocycles. The van der Waals surface area contributed by atoms with Crippen LogP contribution in [0.1, 0.15) is 13.3 Å². The van der Waals surface area contributed by atoms with E-state index in [0.717, 1.165) is 6.42 Å². The van der Waals surface area contributed by atoms with E-state index in [1.165, 1.54) is 59.8 Å². The van der Waals surface area contributed by atoms with Gasteiger partial charge in [-0.25, -0.2) is 16.4 Å². The molecule has 2 heterocycles. The Morgan fingerprint density at radius 1 is 0.575 bits per heavy atom. The molecule has 2 aromatic heterocycles. The van der Waals surface area contributed by atoms with E-state index in [4.69, 9.17) is 17.0 Å². The molecule has 40 heavy (non-hydrogen) atoms. The Labute approximate surface area is 259 Å². The Bertz CT molecular complexity index is 1360. The second-order valence-electron chi connectivity index (χ2n) is 8.51. The summed E-state index contributed by atoms with van der Waals surface area (Å²) in [6.07, 6.45) is 1.03. The van der Waals surface area contributed by atoms with Crippen LogP contribution in [-0.4, -0.2) is 3.71 Å². The van der Waals surface area contributed by atoms with Crippen LogP contribution in [0.15, 0.2) is 121 Å². The number of hydrogen-bond donors (Lipinski definition) is 0. The normalized spacial score (nSPS) is 10.8. The van der Waals surface area contributed by atoms with Gasteiger partial charge < -0.3 is 0 Å². The molecule has 0 nitrogen and oxygen atoms in total. The molecule has 0 saturated carbocycles. The zero-order valence-corrected chi connectivity index (χ0v) is 29.7. The molecule has 0 N–H and O–H groups in total. The maximum absolute atomic E-state index is 5.48. The van der Waals surface area contributed by atoms with Gasteiger partial charge in [0.2, 0.25) is 0 Å². The maximum atomic E-state index is 5.48. The van der Waals surface area contributed by atoms with Gasteiger partial charge in [-0.2, -0.15) is 0 Å². The summed E-state index contributed by atoms with van der Waals surface area (Å²) in [4.78, 5) is 0. The minimum absolute atomic E-state index is 0.700. The van der Waals surface area contributed by atoms with Crippen molar-refractivity contribution in [3.05, 3.63) is 132 Å². The van der Waals surface area contributed by atoms with E-state index in [2.05, 4.69) is 132 Å². The fourth-order valence-electron chi connectivity index (χ4n) is 3.90. The number of hydrogen-bond acceptors (Lipinski definition) is 0. The third kappa shape index (κ3) is 9.59. The molecule has 2 atom stereocenters. The molecule has 0 aliphatic carbocycles. The van der Waals surface area contributed by atoms with E-state index >= 15 is 0 Å². The minimum atomic E-state index is -1.80. The molecule has 7 heteroatoms. The van der Waals surface area contributed by atoms with Gasteiger partial charge in [0.15, 0.2) is 0 Å². The topological polar surface area (TPSA) is 0 Å². The fourth-order valence-corrected chi connectivity index (χ4v) is 11.6. The third-order valence-corrected chi connectivity index (χ3v) is 14.5. The van der Waals surface area contributed by atoms with E-state index < -0.39 is 18.9 Å². The predicted molar refractivity (Wildman–Crippen MR) is 184 cm³/mol. The SMILES string of the molecule is CC[CH]=[Zr]([Cl])[Cl].[c-]1pc(-c2ccccc2)c(-c2ccccc2)[pH]1.[c-]1pc(-c2ccccc2)c(-c2ccccc2)[pH]1. The van der Waals surface area contributed by atoms with Crippen LogP contribution in [-0.2, 0) is 18.9 Å². The zero-order valence-electron chi connectivity index (χ0n) is 22.0. The molecular weight excluding hydrogens is 682 g/mol. The van der Waals surface area contributed by atoms with Crippen molar-refractivity contribution in [2.24, 2.45) is 0 Å². The second-order valence-corrected chi connectivity index (χ2v) is 21.5. The summed E-state index contributed by atoms with van der Waals surface area (Å²) in [5.74, 6) is 0. The number of halogens is 2. The molecule has 2 unspecified atom stereocenters. The first kappa shape index (κ1) is 31.6. The van der Waals surface area contributed by atoms with E-state index in [9.17, 15) is 0 Å². The summed E-state index contributed by atoms with van der Waals surface area (Å²) in [5, 5.41) is 5.71. The van der Waals surface area contributed by atoms with Crippen molar-refractivity contribution in [2.75, 3.05) is 0 Å². The van der Waals surface area contributed by atoms with Crippen LogP contribution in [0.25, 0.3) is 43.4 Å². The van der Waals surface area contributed by atoms with Gasteiger partial charge >= 0.3 is 53.0 Å². The second kappa shape index (κ2) is 17.6. The molecule has 200 valence electrons. The van der Waals surface area contributed by atoms with Crippen LogP contribution in [0.5, 0.6) is 0 Å². The number of benzene rings is 4. The summed E-state index contributed by atoms with van der Waals surface area (Å²) in [6, 6.07) is 42.5. The summed E-state index contributed by atoms with van der Waals surface area (Å²) >= 11 is -1.80. The van der Waals surface area contributed by atoms with Gasteiger partial charge in [0.25, 0.3) is 0 Å². The van der Waals surface area contributed by atoms with Gasteiger partial charge in [0.05, 0.1) is 0 Å². The maximum Gasteiger partial charge on any atom is -0.0623 e. The fraction of sp³-hybridized carbons (Fsp3) is 0.0606. The minimum Gasteiger partial charge on any atom is -0.258 e. The van der Waals surface area contributed by atoms with E-state index in [1.54, 1.807) is 0 Å². The quantitative estimate of drug-likeness (QED) is 0.156. The molecule has 0 radical (unpaired) electrons. The first-order chi connectivity index (χ1) is 19.7. The summed E-state index contributed by atoms with van der Waals surface area (Å²) in [6.45, 7) is 2.05. The van der Waals surface area contributed by atoms with E-state index in [-0.39, 0.29) is 0 Å². The third-order valence-electron chi connectivity index (χ3n) is 5.75. The molecule has 6 rings (SSSR count). The van der Waals surface area contributed by atoms with Gasteiger partial charge in [0.1, 0.15) is 0 Å². The molecule has 0 fully saturated rings. The van der Waals surface area contributed by atoms with Crippen molar-refractivity contribution in [3.8, 4) is 43.4 Å².